The van der Waals surface area contributed by atoms with E-state index in [0.717, 1.165) is 12.8 Å². The Morgan fingerprint density at radius 1 is 1.00 bits per heavy atom. The van der Waals surface area contributed by atoms with Crippen molar-refractivity contribution in [1.82, 2.24) is 14.3 Å². The third-order valence-electron chi connectivity index (χ3n) is 5.37. The molecule has 1 saturated heterocycles. The molecule has 0 aliphatic carbocycles. The number of sulfonamides is 2. The Morgan fingerprint density at radius 3 is 2.29 bits per heavy atom. The van der Waals surface area contributed by atoms with Crippen LogP contribution in [0.1, 0.15) is 39.9 Å². The summed E-state index contributed by atoms with van der Waals surface area (Å²) in [6, 6.07) is 11.5. The van der Waals surface area contributed by atoms with Crippen molar-refractivity contribution >= 4 is 26.0 Å². The third kappa shape index (κ3) is 5.51. The highest BCUT2D eigenvalue weighted by Crippen LogP contribution is 2.23. The molecule has 31 heavy (non-hydrogen) atoms. The van der Waals surface area contributed by atoms with Gasteiger partial charge in [0.15, 0.2) is 0 Å². The Hall–Kier alpha value is -2.27. The molecule has 2 aromatic rings. The van der Waals surface area contributed by atoms with Crippen LogP contribution in [-0.4, -0.2) is 47.2 Å². The van der Waals surface area contributed by atoms with E-state index < -0.39 is 26.0 Å². The van der Waals surface area contributed by atoms with E-state index in [1.165, 1.54) is 23.5 Å². The highest BCUT2D eigenvalue weighted by atomic mass is 32.2. The second-order valence-corrected chi connectivity index (χ2v) is 11.4. The van der Waals surface area contributed by atoms with Crippen molar-refractivity contribution in [3.05, 3.63) is 64.7 Å². The quantitative estimate of drug-likeness (QED) is 0.617. The lowest BCUT2D eigenvalue weighted by Crippen LogP contribution is -2.29. The second-order valence-electron chi connectivity index (χ2n) is 7.50. The van der Waals surface area contributed by atoms with E-state index in [4.69, 9.17) is 0 Å². The van der Waals surface area contributed by atoms with Crippen LogP contribution in [0, 0.1) is 6.92 Å². The lowest BCUT2D eigenvalue weighted by atomic mass is 10.1. The molecule has 0 spiro atoms. The molecular weight excluding hydrogens is 438 g/mol. The van der Waals surface area contributed by atoms with Crippen molar-refractivity contribution in [2.24, 2.45) is 0 Å². The van der Waals surface area contributed by atoms with Crippen LogP contribution in [0.25, 0.3) is 0 Å². The zero-order valence-corrected chi connectivity index (χ0v) is 19.2. The number of rotatable bonds is 8. The van der Waals surface area contributed by atoms with Crippen LogP contribution >= 0.6 is 0 Å². The van der Waals surface area contributed by atoms with E-state index in [2.05, 4.69) is 10.0 Å². The normalized spacial score (nSPS) is 15.2. The third-order valence-corrected chi connectivity index (χ3v) is 8.58. The summed E-state index contributed by atoms with van der Waals surface area (Å²) >= 11 is 0. The predicted octanol–water partition coefficient (Wildman–Crippen LogP) is 1.76. The summed E-state index contributed by atoms with van der Waals surface area (Å²) in [5.74, 6) is -0.611. The van der Waals surface area contributed by atoms with Gasteiger partial charge in [0.2, 0.25) is 20.0 Å². The van der Waals surface area contributed by atoms with Crippen LogP contribution in [0.3, 0.4) is 0 Å². The van der Waals surface area contributed by atoms with Crippen LogP contribution in [0.2, 0.25) is 0 Å². The van der Waals surface area contributed by atoms with E-state index in [1.54, 1.807) is 37.3 Å². The number of carbonyl (C=O) groups is 1. The fourth-order valence-corrected chi connectivity index (χ4v) is 5.88. The maximum atomic E-state index is 12.8. The van der Waals surface area contributed by atoms with Crippen molar-refractivity contribution in [2.45, 2.75) is 37.0 Å². The van der Waals surface area contributed by atoms with Crippen LogP contribution in [-0.2, 0) is 32.3 Å². The molecule has 8 nitrogen and oxygen atoms in total. The number of nitrogens with zero attached hydrogens (tertiary/aromatic N) is 1. The molecule has 0 saturated carbocycles. The fraction of sp³-hybridized carbons (Fsp3) is 0.381. The minimum absolute atomic E-state index is 0.102. The van der Waals surface area contributed by atoms with Gasteiger partial charge in [0.05, 0.1) is 10.6 Å². The first-order valence-corrected chi connectivity index (χ1v) is 13.1. The fourth-order valence-electron chi connectivity index (χ4n) is 3.50. The number of carbonyl (C=O) groups excluding carboxylic acids is 1. The molecule has 0 atom stereocenters. The highest BCUT2D eigenvalue weighted by molar-refractivity contribution is 7.89. The summed E-state index contributed by atoms with van der Waals surface area (Å²) in [6.07, 6.45) is 1.67. The first-order valence-electron chi connectivity index (χ1n) is 10.0. The number of hydrogen-bond acceptors (Lipinski definition) is 5. The van der Waals surface area contributed by atoms with Gasteiger partial charge in [0.25, 0.3) is 5.91 Å². The predicted molar refractivity (Wildman–Crippen MR) is 118 cm³/mol. The summed E-state index contributed by atoms with van der Waals surface area (Å²) in [5.41, 5.74) is 2.19. The molecule has 1 fully saturated rings. The molecule has 3 rings (SSSR count). The molecule has 168 valence electrons. The van der Waals surface area contributed by atoms with Gasteiger partial charge < -0.3 is 5.32 Å². The maximum Gasteiger partial charge on any atom is 0.251 e. The van der Waals surface area contributed by atoms with Gasteiger partial charge >= 0.3 is 0 Å². The number of amides is 1. The molecule has 0 radical (unpaired) electrons. The first-order chi connectivity index (χ1) is 14.6. The molecule has 1 heterocycles. The molecule has 0 unspecified atom stereocenters. The van der Waals surface area contributed by atoms with E-state index in [0.29, 0.717) is 29.8 Å². The van der Waals surface area contributed by atoms with Crippen molar-refractivity contribution < 1.29 is 21.6 Å². The summed E-state index contributed by atoms with van der Waals surface area (Å²) in [4.78, 5) is 12.9. The zero-order valence-electron chi connectivity index (χ0n) is 17.6. The van der Waals surface area contributed by atoms with E-state index in [1.807, 2.05) is 0 Å². The van der Waals surface area contributed by atoms with Crippen LogP contribution < -0.4 is 10.0 Å². The van der Waals surface area contributed by atoms with Crippen LogP contribution in [0.15, 0.2) is 47.4 Å². The average molecular weight is 466 g/mol. The molecule has 1 aliphatic rings. The number of aryl methyl sites for hydroxylation is 1. The average Bonchev–Trinajstić information content (AvgIpc) is 3.29. The monoisotopic (exact) mass is 465 g/mol. The van der Waals surface area contributed by atoms with Gasteiger partial charge in [-0.2, -0.15) is 4.31 Å². The van der Waals surface area contributed by atoms with Gasteiger partial charge in [0, 0.05) is 25.2 Å². The molecule has 2 N–H and O–H groups in total. The van der Waals surface area contributed by atoms with E-state index in [9.17, 15) is 21.6 Å². The Balaban J connectivity index is 1.79. The largest absolute Gasteiger partial charge is 0.348 e. The first kappa shape index (κ1) is 23.4. The minimum Gasteiger partial charge on any atom is -0.348 e. The van der Waals surface area contributed by atoms with Gasteiger partial charge in [-0.3, -0.25) is 4.79 Å². The minimum atomic E-state index is -3.63. The Morgan fingerprint density at radius 2 is 1.65 bits per heavy atom. The van der Waals surface area contributed by atoms with Gasteiger partial charge in [-0.05, 0) is 55.6 Å². The van der Waals surface area contributed by atoms with Crippen molar-refractivity contribution in [3.8, 4) is 0 Å². The van der Waals surface area contributed by atoms with Crippen LogP contribution in [0.4, 0.5) is 0 Å². The lowest BCUT2D eigenvalue weighted by molar-refractivity contribution is 0.0950. The van der Waals surface area contributed by atoms with E-state index in [-0.39, 0.29) is 22.8 Å². The Bertz CT molecular complexity index is 1170. The maximum absolute atomic E-state index is 12.8. The second kappa shape index (κ2) is 9.47. The Labute approximate surface area is 183 Å². The summed E-state index contributed by atoms with van der Waals surface area (Å²) < 4.78 is 53.2. The number of benzene rings is 2. The summed E-state index contributed by atoms with van der Waals surface area (Å²) in [7, 11) is -5.73. The van der Waals surface area contributed by atoms with E-state index >= 15 is 0 Å². The molecule has 0 bridgehead atoms. The molecule has 10 heteroatoms. The molecule has 0 aromatic heterocycles. The van der Waals surface area contributed by atoms with Gasteiger partial charge in [-0.15, -0.1) is 0 Å². The standard InChI is InChI=1S/C21H27N3O5S2/c1-16-9-10-19(31(28,29)24-11-5-6-12-24)13-20(16)21(25)23-14-17-7-3-4-8-18(17)15-30(26,27)22-2/h3-4,7-10,13,22H,5-6,11-12,14-15H2,1-2H3,(H,23,25). The Kier molecular flexibility index (Phi) is 7.15. The van der Waals surface area contributed by atoms with Crippen molar-refractivity contribution in [3.63, 3.8) is 0 Å². The van der Waals surface area contributed by atoms with Gasteiger partial charge in [-0.1, -0.05) is 30.3 Å². The lowest BCUT2D eigenvalue weighted by Gasteiger charge is -2.17. The molecule has 2 aromatic carbocycles. The zero-order chi connectivity index (χ0) is 22.6. The SMILES string of the molecule is CNS(=O)(=O)Cc1ccccc1CNC(=O)c1cc(S(=O)(=O)N2CCCC2)ccc1C. The molecular formula is C21H27N3O5S2. The van der Waals surface area contributed by atoms with Crippen molar-refractivity contribution in [1.29, 1.82) is 0 Å². The highest BCUT2D eigenvalue weighted by Gasteiger charge is 2.28. The van der Waals surface area contributed by atoms with Crippen molar-refractivity contribution in [2.75, 3.05) is 20.1 Å². The van der Waals surface area contributed by atoms with Gasteiger partial charge in [0.1, 0.15) is 0 Å². The summed E-state index contributed by atoms with van der Waals surface area (Å²) in [6.45, 7) is 2.85. The molecule has 1 amide bonds. The number of hydrogen-bond donors (Lipinski definition) is 2. The topological polar surface area (TPSA) is 113 Å². The number of nitrogens with one attached hydrogen (secondary N) is 2. The summed E-state index contributed by atoms with van der Waals surface area (Å²) in [5, 5.41) is 2.79. The van der Waals surface area contributed by atoms with Crippen LogP contribution in [0.5, 0.6) is 0 Å². The smallest absolute Gasteiger partial charge is 0.251 e. The molecule has 1 aliphatic heterocycles. The van der Waals surface area contributed by atoms with Gasteiger partial charge in [-0.25, -0.2) is 21.6 Å².